The molecule has 0 aliphatic carbocycles. The molecule has 0 saturated heterocycles. The van der Waals surface area contributed by atoms with E-state index in [-0.39, 0.29) is 0 Å². The van der Waals surface area contributed by atoms with Gasteiger partial charge in [-0.05, 0) is 30.3 Å². The monoisotopic (exact) mass is 267 g/mol. The molecule has 0 atom stereocenters. The molecule has 0 saturated carbocycles. The Kier molecular flexibility index (Phi) is 3.09. The number of ether oxygens (including phenoxy) is 1. The summed E-state index contributed by atoms with van der Waals surface area (Å²) in [5.74, 6) is 1.96. The van der Waals surface area contributed by atoms with E-state index in [9.17, 15) is 0 Å². The molecule has 3 aromatic rings. The molecule has 0 radical (unpaired) electrons. The van der Waals surface area contributed by atoms with Crippen molar-refractivity contribution in [2.24, 2.45) is 0 Å². The minimum atomic E-state index is 0.482. The molecule has 5 heteroatoms. The Morgan fingerprint density at radius 1 is 1.10 bits per heavy atom. The molecule has 2 heterocycles. The fraction of sp³-hybridized carbons (Fsp3) is 0.0667. The van der Waals surface area contributed by atoms with Crippen LogP contribution in [0.3, 0.4) is 0 Å². The third-order valence-electron chi connectivity index (χ3n) is 2.96. The highest BCUT2D eigenvalue weighted by Gasteiger charge is 2.11. The molecular weight excluding hydrogens is 254 g/mol. The lowest BCUT2D eigenvalue weighted by atomic mass is 10.2. The second-order valence-electron chi connectivity index (χ2n) is 4.22. The first-order valence-corrected chi connectivity index (χ1v) is 6.08. The number of nitrogens with two attached hydrogens (primary N) is 1. The highest BCUT2D eigenvalue weighted by molar-refractivity contribution is 5.70. The average molecular weight is 267 g/mol. The molecule has 20 heavy (non-hydrogen) atoms. The molecule has 100 valence electrons. The zero-order chi connectivity index (χ0) is 13.9. The fourth-order valence-corrected chi connectivity index (χ4v) is 1.89. The van der Waals surface area contributed by atoms with Gasteiger partial charge in [0, 0.05) is 11.8 Å². The summed E-state index contributed by atoms with van der Waals surface area (Å²) >= 11 is 0. The Balaban J connectivity index is 1.95. The van der Waals surface area contributed by atoms with Crippen molar-refractivity contribution in [1.29, 1.82) is 0 Å². The summed E-state index contributed by atoms with van der Waals surface area (Å²) in [6, 6.07) is 9.35. The SMILES string of the molecule is COc1ccc(-c2cnc(-c3ccncc3N)o2)cc1. The molecular formula is C15H13N3O2. The lowest BCUT2D eigenvalue weighted by Gasteiger charge is -2.01. The van der Waals surface area contributed by atoms with Crippen LogP contribution in [0.25, 0.3) is 22.8 Å². The number of anilines is 1. The fourth-order valence-electron chi connectivity index (χ4n) is 1.89. The Labute approximate surface area is 116 Å². The Hall–Kier alpha value is -2.82. The van der Waals surface area contributed by atoms with Crippen LogP contribution in [0.2, 0.25) is 0 Å². The molecule has 3 rings (SSSR count). The van der Waals surface area contributed by atoms with E-state index < -0.39 is 0 Å². The van der Waals surface area contributed by atoms with Crippen LogP contribution in [0.5, 0.6) is 5.75 Å². The quantitative estimate of drug-likeness (QED) is 0.789. The van der Waals surface area contributed by atoms with E-state index in [1.54, 1.807) is 31.8 Å². The third kappa shape index (κ3) is 2.21. The second-order valence-corrected chi connectivity index (χ2v) is 4.22. The smallest absolute Gasteiger partial charge is 0.228 e. The predicted molar refractivity (Wildman–Crippen MR) is 76.1 cm³/mol. The van der Waals surface area contributed by atoms with Crippen LogP contribution < -0.4 is 10.5 Å². The minimum Gasteiger partial charge on any atom is -0.497 e. The van der Waals surface area contributed by atoms with Gasteiger partial charge in [-0.25, -0.2) is 4.98 Å². The van der Waals surface area contributed by atoms with Crippen molar-refractivity contribution in [2.45, 2.75) is 0 Å². The van der Waals surface area contributed by atoms with Crippen LogP contribution >= 0.6 is 0 Å². The average Bonchev–Trinajstić information content (AvgIpc) is 2.97. The maximum absolute atomic E-state index is 5.86. The normalized spacial score (nSPS) is 10.4. The Bertz CT molecular complexity index is 720. The van der Waals surface area contributed by atoms with Crippen LogP contribution in [-0.2, 0) is 0 Å². The van der Waals surface area contributed by atoms with Gasteiger partial charge in [0.05, 0.1) is 30.8 Å². The maximum atomic E-state index is 5.86. The van der Waals surface area contributed by atoms with Crippen LogP contribution in [0.4, 0.5) is 5.69 Å². The van der Waals surface area contributed by atoms with Gasteiger partial charge in [-0.3, -0.25) is 4.98 Å². The largest absolute Gasteiger partial charge is 0.497 e. The van der Waals surface area contributed by atoms with Gasteiger partial charge < -0.3 is 14.9 Å². The summed E-state index contributed by atoms with van der Waals surface area (Å²) in [4.78, 5) is 8.21. The summed E-state index contributed by atoms with van der Waals surface area (Å²) < 4.78 is 10.9. The van der Waals surface area contributed by atoms with E-state index in [0.29, 0.717) is 17.3 Å². The molecule has 0 amide bonds. The molecule has 0 unspecified atom stereocenters. The summed E-state index contributed by atoms with van der Waals surface area (Å²) in [6.45, 7) is 0. The number of pyridine rings is 1. The van der Waals surface area contributed by atoms with E-state index in [1.165, 1.54) is 0 Å². The van der Waals surface area contributed by atoms with Gasteiger partial charge >= 0.3 is 0 Å². The van der Waals surface area contributed by atoms with Crippen LogP contribution in [0.15, 0.2) is 53.3 Å². The van der Waals surface area contributed by atoms with Gasteiger partial charge in [-0.2, -0.15) is 0 Å². The molecule has 0 bridgehead atoms. The standard InChI is InChI=1S/C15H13N3O2/c1-19-11-4-2-10(3-5-11)14-9-18-15(20-14)12-6-7-17-8-13(12)16/h2-9H,16H2,1H3. The van der Waals surface area contributed by atoms with Crippen molar-refractivity contribution >= 4 is 5.69 Å². The molecule has 2 N–H and O–H groups in total. The zero-order valence-corrected chi connectivity index (χ0v) is 10.9. The van der Waals surface area contributed by atoms with Crippen molar-refractivity contribution in [3.63, 3.8) is 0 Å². The first-order valence-electron chi connectivity index (χ1n) is 6.08. The van der Waals surface area contributed by atoms with Crippen molar-refractivity contribution in [3.05, 3.63) is 48.9 Å². The minimum absolute atomic E-state index is 0.482. The molecule has 1 aromatic carbocycles. The highest BCUT2D eigenvalue weighted by Crippen LogP contribution is 2.29. The number of benzene rings is 1. The molecule has 0 aliphatic heterocycles. The molecule has 0 spiro atoms. The van der Waals surface area contributed by atoms with E-state index >= 15 is 0 Å². The molecule has 2 aromatic heterocycles. The summed E-state index contributed by atoms with van der Waals surface area (Å²) in [7, 11) is 1.63. The van der Waals surface area contributed by atoms with Gasteiger partial charge in [-0.1, -0.05) is 0 Å². The lowest BCUT2D eigenvalue weighted by Crippen LogP contribution is -1.90. The third-order valence-corrected chi connectivity index (χ3v) is 2.96. The number of nitrogen functional groups attached to an aromatic ring is 1. The van der Waals surface area contributed by atoms with E-state index in [4.69, 9.17) is 14.9 Å². The van der Waals surface area contributed by atoms with Gasteiger partial charge in [0.25, 0.3) is 0 Å². The number of methoxy groups -OCH3 is 1. The van der Waals surface area contributed by atoms with Crippen molar-refractivity contribution < 1.29 is 9.15 Å². The first-order chi connectivity index (χ1) is 9.78. The predicted octanol–water partition coefficient (Wildman–Crippen LogP) is 2.99. The highest BCUT2D eigenvalue weighted by atomic mass is 16.5. The number of hydrogen-bond acceptors (Lipinski definition) is 5. The number of nitrogens with zero attached hydrogens (tertiary/aromatic N) is 2. The van der Waals surface area contributed by atoms with Gasteiger partial charge in [0.15, 0.2) is 5.76 Å². The van der Waals surface area contributed by atoms with Gasteiger partial charge in [0.1, 0.15) is 5.75 Å². The van der Waals surface area contributed by atoms with Crippen molar-refractivity contribution in [2.75, 3.05) is 12.8 Å². The van der Waals surface area contributed by atoms with E-state index in [1.807, 2.05) is 24.3 Å². The van der Waals surface area contributed by atoms with Crippen molar-refractivity contribution in [1.82, 2.24) is 9.97 Å². The van der Waals surface area contributed by atoms with Crippen LogP contribution in [-0.4, -0.2) is 17.1 Å². The van der Waals surface area contributed by atoms with Gasteiger partial charge in [-0.15, -0.1) is 0 Å². The van der Waals surface area contributed by atoms with E-state index in [2.05, 4.69) is 9.97 Å². The zero-order valence-electron chi connectivity index (χ0n) is 10.9. The Morgan fingerprint density at radius 2 is 1.90 bits per heavy atom. The number of oxazole rings is 1. The molecule has 0 aliphatic rings. The number of rotatable bonds is 3. The number of hydrogen-bond donors (Lipinski definition) is 1. The number of aromatic nitrogens is 2. The van der Waals surface area contributed by atoms with E-state index in [0.717, 1.165) is 16.9 Å². The summed E-state index contributed by atoms with van der Waals surface area (Å²) in [5.41, 5.74) is 8.06. The summed E-state index contributed by atoms with van der Waals surface area (Å²) in [5, 5.41) is 0. The van der Waals surface area contributed by atoms with Crippen LogP contribution in [0, 0.1) is 0 Å². The topological polar surface area (TPSA) is 74.2 Å². The van der Waals surface area contributed by atoms with Crippen molar-refractivity contribution in [3.8, 4) is 28.5 Å². The second kappa shape index (κ2) is 5.05. The Morgan fingerprint density at radius 3 is 2.60 bits per heavy atom. The summed E-state index contributed by atoms with van der Waals surface area (Å²) in [6.07, 6.45) is 4.91. The molecule has 5 nitrogen and oxygen atoms in total. The van der Waals surface area contributed by atoms with Crippen LogP contribution in [0.1, 0.15) is 0 Å². The lowest BCUT2D eigenvalue weighted by molar-refractivity contribution is 0.415. The first kappa shape index (κ1) is 12.2. The maximum Gasteiger partial charge on any atom is 0.228 e. The van der Waals surface area contributed by atoms with Gasteiger partial charge in [0.2, 0.25) is 5.89 Å². The molecule has 0 fully saturated rings.